The maximum atomic E-state index is 12.9. The third kappa shape index (κ3) is 3.30. The third-order valence-corrected chi connectivity index (χ3v) is 4.95. The van der Waals surface area contributed by atoms with Gasteiger partial charge in [0.1, 0.15) is 12.3 Å². The van der Waals surface area contributed by atoms with Crippen LogP contribution < -0.4 is 4.74 Å². The molecule has 0 aliphatic carbocycles. The van der Waals surface area contributed by atoms with E-state index in [1.54, 1.807) is 13.4 Å². The van der Waals surface area contributed by atoms with E-state index in [4.69, 9.17) is 4.74 Å². The quantitative estimate of drug-likeness (QED) is 0.866. The van der Waals surface area contributed by atoms with Gasteiger partial charge in [0.05, 0.1) is 25.2 Å². The standard InChI is InChI=1S/C19H25N3O2/c1-14-15(2)21(13-20-14)12-19(23)22-10-5-4-9-18(22)16-7-6-8-17(11-16)24-3/h6-8,11,13,18H,4-5,9-10,12H2,1-3H3. The fraction of sp³-hybridized carbons (Fsp3) is 0.474. The number of nitrogens with zero attached hydrogens (tertiary/aromatic N) is 3. The summed E-state index contributed by atoms with van der Waals surface area (Å²) >= 11 is 0. The second-order valence-electron chi connectivity index (χ2n) is 6.42. The van der Waals surface area contributed by atoms with Crippen molar-refractivity contribution in [2.75, 3.05) is 13.7 Å². The second kappa shape index (κ2) is 7.07. The Kier molecular flexibility index (Phi) is 4.88. The second-order valence-corrected chi connectivity index (χ2v) is 6.42. The van der Waals surface area contributed by atoms with Crippen LogP contribution in [-0.2, 0) is 11.3 Å². The van der Waals surface area contributed by atoms with Gasteiger partial charge in [0.25, 0.3) is 0 Å². The Balaban J connectivity index is 1.81. The normalized spacial score (nSPS) is 17.8. The van der Waals surface area contributed by atoms with Crippen LogP contribution in [0.4, 0.5) is 0 Å². The van der Waals surface area contributed by atoms with Crippen molar-refractivity contribution < 1.29 is 9.53 Å². The molecule has 1 saturated heterocycles. The van der Waals surface area contributed by atoms with Crippen molar-refractivity contribution in [1.82, 2.24) is 14.5 Å². The van der Waals surface area contributed by atoms with E-state index in [1.807, 2.05) is 41.5 Å². The first kappa shape index (κ1) is 16.6. The van der Waals surface area contributed by atoms with Crippen LogP contribution in [0, 0.1) is 13.8 Å². The highest BCUT2D eigenvalue weighted by Crippen LogP contribution is 2.32. The predicted octanol–water partition coefficient (Wildman–Crippen LogP) is 3.26. The number of ether oxygens (including phenoxy) is 1. The number of rotatable bonds is 4. The van der Waals surface area contributed by atoms with E-state index in [0.29, 0.717) is 6.54 Å². The molecular weight excluding hydrogens is 302 g/mol. The molecule has 1 atom stereocenters. The maximum absolute atomic E-state index is 12.9. The zero-order chi connectivity index (χ0) is 17.1. The first-order valence-corrected chi connectivity index (χ1v) is 8.52. The topological polar surface area (TPSA) is 47.4 Å². The van der Waals surface area contributed by atoms with Crippen molar-refractivity contribution in [3.8, 4) is 5.75 Å². The molecule has 1 unspecified atom stereocenters. The summed E-state index contributed by atoms with van der Waals surface area (Å²) in [6, 6.07) is 8.20. The van der Waals surface area contributed by atoms with Crippen molar-refractivity contribution in [3.05, 3.63) is 47.5 Å². The fourth-order valence-electron chi connectivity index (χ4n) is 3.37. The van der Waals surface area contributed by atoms with Crippen LogP contribution in [0.3, 0.4) is 0 Å². The van der Waals surface area contributed by atoms with Crippen molar-refractivity contribution in [3.63, 3.8) is 0 Å². The SMILES string of the molecule is COc1cccc(C2CCCCN2C(=O)Cn2cnc(C)c2C)c1. The number of methoxy groups -OCH3 is 1. The van der Waals surface area contributed by atoms with E-state index in [0.717, 1.165) is 48.5 Å². The van der Waals surface area contributed by atoms with Gasteiger partial charge in [0.2, 0.25) is 5.91 Å². The molecule has 1 fully saturated rings. The van der Waals surface area contributed by atoms with E-state index in [1.165, 1.54) is 0 Å². The van der Waals surface area contributed by atoms with Gasteiger partial charge in [-0.05, 0) is 50.8 Å². The minimum Gasteiger partial charge on any atom is -0.497 e. The predicted molar refractivity (Wildman–Crippen MR) is 93.0 cm³/mol. The van der Waals surface area contributed by atoms with Gasteiger partial charge in [-0.1, -0.05) is 12.1 Å². The number of hydrogen-bond acceptors (Lipinski definition) is 3. The van der Waals surface area contributed by atoms with Crippen LogP contribution in [-0.4, -0.2) is 34.0 Å². The summed E-state index contributed by atoms with van der Waals surface area (Å²) in [4.78, 5) is 19.2. The summed E-state index contributed by atoms with van der Waals surface area (Å²) in [5.41, 5.74) is 3.19. The molecule has 0 saturated carbocycles. The van der Waals surface area contributed by atoms with Crippen LogP contribution in [0.2, 0.25) is 0 Å². The minimum absolute atomic E-state index is 0.131. The molecule has 1 aromatic heterocycles. The summed E-state index contributed by atoms with van der Waals surface area (Å²) in [7, 11) is 1.67. The number of imidazole rings is 1. The van der Waals surface area contributed by atoms with Gasteiger partial charge in [0.15, 0.2) is 0 Å². The van der Waals surface area contributed by atoms with Gasteiger partial charge in [-0.15, -0.1) is 0 Å². The Hall–Kier alpha value is -2.30. The number of aryl methyl sites for hydroxylation is 1. The average Bonchev–Trinajstić information content (AvgIpc) is 2.94. The number of carbonyl (C=O) groups is 1. The molecule has 1 aliphatic rings. The van der Waals surface area contributed by atoms with Gasteiger partial charge < -0.3 is 14.2 Å². The summed E-state index contributed by atoms with van der Waals surface area (Å²) in [5, 5.41) is 0. The van der Waals surface area contributed by atoms with E-state index < -0.39 is 0 Å². The number of aromatic nitrogens is 2. The van der Waals surface area contributed by atoms with E-state index in [9.17, 15) is 4.79 Å². The van der Waals surface area contributed by atoms with Crippen LogP contribution >= 0.6 is 0 Å². The molecule has 2 heterocycles. The molecular formula is C19H25N3O2. The Bertz CT molecular complexity index is 723. The molecule has 0 bridgehead atoms. The fourth-order valence-corrected chi connectivity index (χ4v) is 3.37. The molecule has 5 nitrogen and oxygen atoms in total. The molecule has 0 radical (unpaired) electrons. The largest absolute Gasteiger partial charge is 0.497 e. The van der Waals surface area contributed by atoms with Crippen LogP contribution in [0.1, 0.15) is 42.3 Å². The number of piperidine rings is 1. The average molecular weight is 327 g/mol. The number of hydrogen-bond donors (Lipinski definition) is 0. The van der Waals surface area contributed by atoms with Crippen molar-refractivity contribution >= 4 is 5.91 Å². The number of benzene rings is 1. The van der Waals surface area contributed by atoms with E-state index in [-0.39, 0.29) is 11.9 Å². The molecule has 1 aliphatic heterocycles. The summed E-state index contributed by atoms with van der Waals surface area (Å²) in [6.07, 6.45) is 4.97. The summed E-state index contributed by atoms with van der Waals surface area (Å²) in [6.45, 7) is 5.14. The first-order valence-electron chi connectivity index (χ1n) is 8.52. The Morgan fingerprint density at radius 1 is 1.33 bits per heavy atom. The highest BCUT2D eigenvalue weighted by Gasteiger charge is 2.28. The molecule has 5 heteroatoms. The lowest BCUT2D eigenvalue weighted by Gasteiger charge is -2.36. The lowest BCUT2D eigenvalue weighted by molar-refractivity contribution is -0.135. The van der Waals surface area contributed by atoms with Crippen molar-refractivity contribution in [2.45, 2.75) is 45.7 Å². The smallest absolute Gasteiger partial charge is 0.243 e. The lowest BCUT2D eigenvalue weighted by atomic mass is 9.95. The molecule has 24 heavy (non-hydrogen) atoms. The van der Waals surface area contributed by atoms with Gasteiger partial charge in [0, 0.05) is 12.2 Å². The molecule has 1 amide bonds. The van der Waals surface area contributed by atoms with Crippen molar-refractivity contribution in [1.29, 1.82) is 0 Å². The zero-order valence-corrected chi connectivity index (χ0v) is 14.7. The van der Waals surface area contributed by atoms with Crippen LogP contribution in [0.25, 0.3) is 0 Å². The monoisotopic (exact) mass is 327 g/mol. The van der Waals surface area contributed by atoms with Crippen LogP contribution in [0.5, 0.6) is 5.75 Å². The molecule has 1 aromatic carbocycles. The lowest BCUT2D eigenvalue weighted by Crippen LogP contribution is -2.40. The molecule has 3 rings (SSSR count). The van der Waals surface area contributed by atoms with Gasteiger partial charge in [-0.3, -0.25) is 4.79 Å². The summed E-state index contributed by atoms with van der Waals surface area (Å²) < 4.78 is 7.28. The molecule has 2 aromatic rings. The summed E-state index contributed by atoms with van der Waals surface area (Å²) in [5.74, 6) is 0.995. The molecule has 128 valence electrons. The Morgan fingerprint density at radius 2 is 2.17 bits per heavy atom. The highest BCUT2D eigenvalue weighted by atomic mass is 16.5. The maximum Gasteiger partial charge on any atom is 0.243 e. The minimum atomic E-state index is 0.131. The van der Waals surface area contributed by atoms with Crippen LogP contribution in [0.15, 0.2) is 30.6 Å². The van der Waals surface area contributed by atoms with Gasteiger partial charge >= 0.3 is 0 Å². The molecule has 0 spiro atoms. The van der Waals surface area contributed by atoms with Crippen molar-refractivity contribution in [2.24, 2.45) is 0 Å². The number of carbonyl (C=O) groups excluding carboxylic acids is 1. The van der Waals surface area contributed by atoms with E-state index in [2.05, 4.69) is 11.1 Å². The molecule has 0 N–H and O–H groups in total. The van der Waals surface area contributed by atoms with E-state index >= 15 is 0 Å². The number of amides is 1. The third-order valence-electron chi connectivity index (χ3n) is 4.95. The Labute approximate surface area is 143 Å². The Morgan fingerprint density at radius 3 is 2.88 bits per heavy atom. The first-order chi connectivity index (χ1) is 11.6. The zero-order valence-electron chi connectivity index (χ0n) is 14.7. The highest BCUT2D eigenvalue weighted by molar-refractivity contribution is 5.76. The van der Waals surface area contributed by atoms with Gasteiger partial charge in [-0.2, -0.15) is 0 Å². The van der Waals surface area contributed by atoms with Gasteiger partial charge in [-0.25, -0.2) is 4.98 Å². The number of likely N-dealkylation sites (tertiary alicyclic amines) is 1.